The molecule has 0 fully saturated rings. The maximum atomic E-state index is 8.56. The molecule has 0 heterocycles. The molecule has 0 aromatic heterocycles. The summed E-state index contributed by atoms with van der Waals surface area (Å²) < 4.78 is 0. The van der Waals surface area contributed by atoms with Gasteiger partial charge in [0, 0.05) is 0 Å². The Kier molecular flexibility index (Phi) is 1660. The first-order valence-corrected chi connectivity index (χ1v) is 0.651. The molecule has 16 N–H and O–H groups in total. The SMILES string of the molecule is O.O.O.O.O.O.O.O=C(O)O.[NaH]. The van der Waals surface area contributed by atoms with Crippen molar-refractivity contribution in [2.45, 2.75) is 0 Å². The number of hydrogen-bond donors (Lipinski definition) is 2. The minimum absolute atomic E-state index is 0. The number of carboxylic acid groups (broad SMARTS) is 2. The maximum absolute atomic E-state index is 8.56. The average molecular weight is 212 g/mol. The third-order valence-corrected chi connectivity index (χ3v) is 0. The molecular formula is CH17NaO10. The van der Waals surface area contributed by atoms with Gasteiger partial charge in [-0.25, -0.2) is 4.79 Å². The Morgan fingerprint density at radius 1 is 0.667 bits per heavy atom. The molecule has 0 saturated heterocycles. The zero-order valence-electron chi connectivity index (χ0n) is 5.30. The molecule has 0 amide bonds. The molecule has 0 bridgehead atoms. The van der Waals surface area contributed by atoms with Crippen LogP contribution in [0.4, 0.5) is 4.79 Å². The molecule has 12 heavy (non-hydrogen) atoms. The van der Waals surface area contributed by atoms with E-state index in [0.29, 0.717) is 0 Å². The summed E-state index contributed by atoms with van der Waals surface area (Å²) in [6.07, 6.45) is -1.83. The molecule has 0 rings (SSSR count). The summed E-state index contributed by atoms with van der Waals surface area (Å²) >= 11 is 0. The van der Waals surface area contributed by atoms with Crippen molar-refractivity contribution in [2.75, 3.05) is 0 Å². The quantitative estimate of drug-likeness (QED) is 0.370. The van der Waals surface area contributed by atoms with E-state index >= 15 is 0 Å². The fourth-order valence-electron chi connectivity index (χ4n) is 0. The van der Waals surface area contributed by atoms with E-state index in [2.05, 4.69) is 0 Å². The van der Waals surface area contributed by atoms with E-state index in [9.17, 15) is 0 Å². The zero-order chi connectivity index (χ0) is 3.58. The molecule has 82 valence electrons. The van der Waals surface area contributed by atoms with Crippen LogP contribution in [-0.2, 0) is 0 Å². The van der Waals surface area contributed by atoms with Crippen molar-refractivity contribution < 1.29 is 53.3 Å². The van der Waals surface area contributed by atoms with E-state index in [1.54, 1.807) is 0 Å². The van der Waals surface area contributed by atoms with Crippen LogP contribution < -0.4 is 0 Å². The van der Waals surface area contributed by atoms with Gasteiger partial charge in [0.25, 0.3) is 0 Å². The summed E-state index contributed by atoms with van der Waals surface area (Å²) in [4.78, 5) is 8.56. The molecule has 0 aliphatic rings. The zero-order valence-corrected chi connectivity index (χ0v) is 5.30. The van der Waals surface area contributed by atoms with Crippen LogP contribution in [0, 0.1) is 0 Å². The summed E-state index contributed by atoms with van der Waals surface area (Å²) in [5.74, 6) is 0. The van der Waals surface area contributed by atoms with Crippen LogP contribution >= 0.6 is 0 Å². The molecule has 0 aliphatic heterocycles. The van der Waals surface area contributed by atoms with Crippen molar-refractivity contribution in [3.05, 3.63) is 0 Å². The topological polar surface area (TPSA) is 278 Å². The van der Waals surface area contributed by atoms with Gasteiger partial charge < -0.3 is 48.5 Å². The standard InChI is InChI=1S/CH2O3.Na.7H2O.H/c2-1(3)4;;;;;;;;;/h(H2,2,3,4);;7*1H2;. The van der Waals surface area contributed by atoms with Gasteiger partial charge in [0.15, 0.2) is 0 Å². The van der Waals surface area contributed by atoms with Gasteiger partial charge in [0.2, 0.25) is 0 Å². The predicted octanol–water partition coefficient (Wildman–Crippen LogP) is -6.20. The van der Waals surface area contributed by atoms with Gasteiger partial charge in [-0.15, -0.1) is 0 Å². The predicted molar refractivity (Wildman–Crippen MR) is 43.1 cm³/mol. The van der Waals surface area contributed by atoms with Crippen molar-refractivity contribution in [2.24, 2.45) is 0 Å². The van der Waals surface area contributed by atoms with Gasteiger partial charge in [0.1, 0.15) is 0 Å². The second-order valence-corrected chi connectivity index (χ2v) is 0.283. The fraction of sp³-hybridized carbons (Fsp3) is 0. The molecular weight excluding hydrogens is 195 g/mol. The molecule has 0 unspecified atom stereocenters. The first-order chi connectivity index (χ1) is 1.73. The Bertz CT molecular complexity index is 32.8. The Labute approximate surface area is 89.3 Å². The van der Waals surface area contributed by atoms with Crippen molar-refractivity contribution in [3.8, 4) is 0 Å². The van der Waals surface area contributed by atoms with Crippen LogP contribution in [0.3, 0.4) is 0 Å². The van der Waals surface area contributed by atoms with E-state index in [4.69, 9.17) is 15.0 Å². The van der Waals surface area contributed by atoms with Gasteiger partial charge in [-0.1, -0.05) is 0 Å². The summed E-state index contributed by atoms with van der Waals surface area (Å²) in [6.45, 7) is 0. The minimum atomic E-state index is -1.83. The Morgan fingerprint density at radius 3 is 0.667 bits per heavy atom. The second kappa shape index (κ2) is 123. The summed E-state index contributed by atoms with van der Waals surface area (Å²) in [5, 5.41) is 13.9. The van der Waals surface area contributed by atoms with Crippen molar-refractivity contribution in [1.29, 1.82) is 0 Å². The van der Waals surface area contributed by atoms with Crippen LogP contribution in [0.2, 0.25) is 0 Å². The van der Waals surface area contributed by atoms with Gasteiger partial charge >= 0.3 is 35.7 Å². The second-order valence-electron chi connectivity index (χ2n) is 0.283. The normalized spacial score (nSPS) is 2.00. The molecule has 0 saturated carbocycles. The summed E-state index contributed by atoms with van der Waals surface area (Å²) in [7, 11) is 0. The number of hydrogen-bond acceptors (Lipinski definition) is 1. The van der Waals surface area contributed by atoms with Crippen molar-refractivity contribution in [3.63, 3.8) is 0 Å². The van der Waals surface area contributed by atoms with Crippen LogP contribution in [-0.4, -0.2) is 84.3 Å². The monoisotopic (exact) mass is 212 g/mol. The molecule has 0 aromatic carbocycles. The number of carbonyl (C=O) groups is 1. The first-order valence-electron chi connectivity index (χ1n) is 0.651. The average Bonchev–Trinajstić information content (AvgIpc) is 0.811. The Balaban J connectivity index is -0.00000000161. The van der Waals surface area contributed by atoms with Gasteiger partial charge in [-0.2, -0.15) is 0 Å². The third-order valence-electron chi connectivity index (χ3n) is 0. The van der Waals surface area contributed by atoms with Crippen LogP contribution in [0.1, 0.15) is 0 Å². The van der Waals surface area contributed by atoms with E-state index in [0.717, 1.165) is 0 Å². The Hall–Kier alpha value is -0.0100. The third kappa shape index (κ3) is 8070000. The van der Waals surface area contributed by atoms with E-state index in [1.807, 2.05) is 0 Å². The molecule has 11 heteroatoms. The van der Waals surface area contributed by atoms with E-state index < -0.39 is 6.16 Å². The van der Waals surface area contributed by atoms with Gasteiger partial charge in [-0.3, -0.25) is 0 Å². The van der Waals surface area contributed by atoms with E-state index in [-0.39, 0.29) is 67.9 Å². The molecule has 0 aromatic rings. The van der Waals surface area contributed by atoms with Crippen LogP contribution in [0.15, 0.2) is 0 Å². The summed E-state index contributed by atoms with van der Waals surface area (Å²) in [5.41, 5.74) is 0. The molecule has 0 radical (unpaired) electrons. The van der Waals surface area contributed by atoms with Crippen LogP contribution in [0.25, 0.3) is 0 Å². The summed E-state index contributed by atoms with van der Waals surface area (Å²) in [6, 6.07) is 0. The molecule has 0 spiro atoms. The fourth-order valence-corrected chi connectivity index (χ4v) is 0. The van der Waals surface area contributed by atoms with Gasteiger partial charge in [-0.05, 0) is 0 Å². The first kappa shape index (κ1) is 162. The van der Waals surface area contributed by atoms with Crippen LogP contribution in [0.5, 0.6) is 0 Å². The van der Waals surface area contributed by atoms with Crippen molar-refractivity contribution in [1.82, 2.24) is 0 Å². The molecule has 0 atom stereocenters. The van der Waals surface area contributed by atoms with E-state index in [1.165, 1.54) is 0 Å². The van der Waals surface area contributed by atoms with Gasteiger partial charge in [0.05, 0.1) is 0 Å². The van der Waals surface area contributed by atoms with Crippen molar-refractivity contribution >= 4 is 35.7 Å². The molecule has 10 nitrogen and oxygen atoms in total. The number of rotatable bonds is 0. The Morgan fingerprint density at radius 2 is 0.667 bits per heavy atom. The molecule has 0 aliphatic carbocycles.